The molecule has 0 atom stereocenters. The molecule has 0 fully saturated rings. The zero-order valence-corrected chi connectivity index (χ0v) is 15.5. The zero-order valence-electron chi connectivity index (χ0n) is 13.8. The number of alkyl halides is 4. The Morgan fingerprint density at radius 3 is 1.21 bits per heavy atom. The summed E-state index contributed by atoms with van der Waals surface area (Å²) < 4.78 is 116. The Balaban J connectivity index is 1.98. The van der Waals surface area contributed by atoms with Gasteiger partial charge in [-0.1, -0.05) is 0 Å². The number of hydrogen-bond donors (Lipinski definition) is 0. The molecule has 1 aromatic carbocycles. The second-order valence-electron chi connectivity index (χ2n) is 6.69. The van der Waals surface area contributed by atoms with Gasteiger partial charge in [0.1, 0.15) is 0 Å². The van der Waals surface area contributed by atoms with Crippen molar-refractivity contribution in [2.24, 2.45) is 0 Å². The fourth-order valence-corrected chi connectivity index (χ4v) is 6.38. The Bertz CT molecular complexity index is 1140. The Morgan fingerprint density at radius 1 is 0.571 bits per heavy atom. The summed E-state index contributed by atoms with van der Waals surface area (Å²) in [6.45, 7) is 2.24. The van der Waals surface area contributed by atoms with Crippen molar-refractivity contribution in [3.8, 4) is 20.9 Å². The van der Waals surface area contributed by atoms with Gasteiger partial charge in [-0.05, 0) is 25.0 Å². The third-order valence-electron chi connectivity index (χ3n) is 5.33. The maximum Gasteiger partial charge on any atom is 0.303 e. The van der Waals surface area contributed by atoms with Crippen molar-refractivity contribution < 1.29 is 35.1 Å². The number of fused-ring (bicyclic) bond motifs is 6. The first-order chi connectivity index (χ1) is 12.9. The second kappa shape index (κ2) is 4.96. The number of rotatable bonds is 0. The monoisotopic (exact) mass is 438 g/mol. The second-order valence-corrected chi connectivity index (χ2v) is 8.63. The summed E-state index contributed by atoms with van der Waals surface area (Å²) in [5.74, 6) is -11.4. The van der Waals surface area contributed by atoms with E-state index in [1.807, 2.05) is 0 Å². The van der Waals surface area contributed by atoms with E-state index in [2.05, 4.69) is 0 Å². The summed E-state index contributed by atoms with van der Waals surface area (Å²) in [6.07, 6.45) is 0. The molecule has 0 N–H and O–H groups in total. The van der Waals surface area contributed by atoms with Crippen LogP contribution in [0.25, 0.3) is 20.9 Å². The molecule has 5 rings (SSSR count). The zero-order chi connectivity index (χ0) is 20.5. The van der Waals surface area contributed by atoms with Crippen LogP contribution in [0.1, 0.15) is 33.4 Å². The first-order valence-electron chi connectivity index (χ1n) is 7.83. The van der Waals surface area contributed by atoms with Crippen LogP contribution >= 0.6 is 22.7 Å². The van der Waals surface area contributed by atoms with Crippen LogP contribution in [0.4, 0.5) is 35.1 Å². The molecule has 3 aromatic rings. The Hall–Kier alpha value is -1.94. The minimum atomic E-state index is -3.97. The van der Waals surface area contributed by atoms with Gasteiger partial charge in [0.25, 0.3) is 0 Å². The summed E-state index contributed by atoms with van der Waals surface area (Å²) in [4.78, 5) is -0.924. The molecule has 0 unspecified atom stereocenters. The van der Waals surface area contributed by atoms with Crippen molar-refractivity contribution >= 4 is 22.7 Å². The molecule has 2 heterocycles. The topological polar surface area (TPSA) is 0 Å². The van der Waals surface area contributed by atoms with E-state index >= 15 is 17.6 Å². The minimum absolute atomic E-state index is 0.110. The molecule has 2 aliphatic carbocycles. The number of halogens is 8. The molecule has 0 saturated carbocycles. The van der Waals surface area contributed by atoms with Crippen molar-refractivity contribution in [3.05, 3.63) is 55.3 Å². The molecule has 0 radical (unpaired) electrons. The SMILES string of the molecule is Cc1c2c(c(C)c3c1C(F)(F)c1c-3sc(F)c1F)C(F)(F)c1c-2sc(F)c1F. The van der Waals surface area contributed by atoms with E-state index in [1.165, 1.54) is 0 Å². The lowest BCUT2D eigenvalue weighted by atomic mass is 9.88. The number of hydrogen-bond acceptors (Lipinski definition) is 2. The van der Waals surface area contributed by atoms with E-state index in [9.17, 15) is 17.6 Å². The van der Waals surface area contributed by atoms with Gasteiger partial charge in [-0.15, -0.1) is 22.7 Å². The van der Waals surface area contributed by atoms with Crippen molar-refractivity contribution in [2.75, 3.05) is 0 Å². The van der Waals surface area contributed by atoms with E-state index in [4.69, 9.17) is 0 Å². The molecule has 10 heteroatoms. The predicted molar refractivity (Wildman–Crippen MR) is 88.4 cm³/mol. The maximum atomic E-state index is 15.0. The van der Waals surface area contributed by atoms with Crippen LogP contribution in [-0.4, -0.2) is 0 Å². The molecular weight excluding hydrogens is 432 g/mol. The fourth-order valence-electron chi connectivity index (χ4n) is 4.28. The third-order valence-corrected chi connectivity index (χ3v) is 7.27. The highest BCUT2D eigenvalue weighted by Gasteiger charge is 2.57. The van der Waals surface area contributed by atoms with Crippen molar-refractivity contribution in [3.63, 3.8) is 0 Å². The van der Waals surface area contributed by atoms with Crippen molar-refractivity contribution in [1.82, 2.24) is 0 Å². The molecule has 2 aliphatic rings. The van der Waals surface area contributed by atoms with Crippen molar-refractivity contribution in [2.45, 2.75) is 25.7 Å². The third kappa shape index (κ3) is 1.73. The normalized spacial score (nSPS) is 17.5. The number of thiophene rings is 2. The molecule has 28 heavy (non-hydrogen) atoms. The molecule has 0 spiro atoms. The van der Waals surface area contributed by atoms with Gasteiger partial charge < -0.3 is 0 Å². The smallest absolute Gasteiger partial charge is 0.202 e. The summed E-state index contributed by atoms with van der Waals surface area (Å²) >= 11 is 0.221. The van der Waals surface area contributed by atoms with Crippen LogP contribution in [0, 0.1) is 35.7 Å². The molecule has 0 aliphatic heterocycles. The predicted octanol–water partition coefficient (Wildman–Crippen LogP) is 7.22. The van der Waals surface area contributed by atoms with Gasteiger partial charge in [-0.3, -0.25) is 0 Å². The molecule has 0 bridgehead atoms. The van der Waals surface area contributed by atoms with Gasteiger partial charge in [0.2, 0.25) is 10.3 Å². The van der Waals surface area contributed by atoms with Gasteiger partial charge >= 0.3 is 11.8 Å². The minimum Gasteiger partial charge on any atom is -0.202 e. The van der Waals surface area contributed by atoms with E-state index in [0.717, 1.165) is 13.8 Å². The molecule has 146 valence electrons. The van der Waals surface area contributed by atoms with Gasteiger partial charge in [-0.25, -0.2) is 8.78 Å². The molecular formula is C18H6F8S2. The fraction of sp³-hybridized carbons (Fsp3) is 0.222. The van der Waals surface area contributed by atoms with Gasteiger partial charge in [-0.2, -0.15) is 26.3 Å². The van der Waals surface area contributed by atoms with E-state index in [0.29, 0.717) is 0 Å². The van der Waals surface area contributed by atoms with Crippen LogP contribution in [0.15, 0.2) is 0 Å². The first-order valence-corrected chi connectivity index (χ1v) is 9.46. The van der Waals surface area contributed by atoms with Crippen LogP contribution in [-0.2, 0) is 11.8 Å². The highest BCUT2D eigenvalue weighted by atomic mass is 32.1. The molecule has 0 amide bonds. The van der Waals surface area contributed by atoms with E-state index in [1.54, 1.807) is 0 Å². The average Bonchev–Trinajstić information content (AvgIpc) is 3.19. The first kappa shape index (κ1) is 18.1. The Kier molecular flexibility index (Phi) is 3.21. The largest absolute Gasteiger partial charge is 0.303 e. The lowest BCUT2D eigenvalue weighted by molar-refractivity contribution is 0.0401. The summed E-state index contributed by atoms with van der Waals surface area (Å²) in [5, 5.41) is -2.93. The summed E-state index contributed by atoms with van der Waals surface area (Å²) in [5.41, 5.74) is -5.26. The van der Waals surface area contributed by atoms with Crippen LogP contribution < -0.4 is 0 Å². The van der Waals surface area contributed by atoms with Crippen molar-refractivity contribution in [1.29, 1.82) is 0 Å². The number of benzene rings is 1. The van der Waals surface area contributed by atoms with Gasteiger partial charge in [0.05, 0.1) is 20.9 Å². The summed E-state index contributed by atoms with van der Waals surface area (Å²) in [7, 11) is 0. The van der Waals surface area contributed by atoms with E-state index in [-0.39, 0.29) is 44.9 Å². The van der Waals surface area contributed by atoms with Crippen LogP contribution in [0.2, 0.25) is 0 Å². The molecule has 0 saturated heterocycles. The Labute approximate surface area is 160 Å². The van der Waals surface area contributed by atoms with Gasteiger partial charge in [0.15, 0.2) is 11.6 Å². The van der Waals surface area contributed by atoms with Crippen LogP contribution in [0.3, 0.4) is 0 Å². The van der Waals surface area contributed by atoms with Crippen LogP contribution in [0.5, 0.6) is 0 Å². The Morgan fingerprint density at radius 2 is 0.893 bits per heavy atom. The summed E-state index contributed by atoms with van der Waals surface area (Å²) in [6, 6.07) is 0. The standard InChI is InChI=1S/C18H6F8S2/c1-3-5-8(18(25,26)9-11(19)15(21)27-13(5)9)4(2)6-7(3)17(23,24)10-12(20)16(22)28-14(6)10/h1-2H3. The highest BCUT2D eigenvalue weighted by Crippen LogP contribution is 2.64. The van der Waals surface area contributed by atoms with E-state index < -0.39 is 65.7 Å². The average molecular weight is 438 g/mol. The maximum absolute atomic E-state index is 15.0. The highest BCUT2D eigenvalue weighted by molar-refractivity contribution is 7.14. The lowest BCUT2D eigenvalue weighted by Gasteiger charge is -2.22. The molecule has 2 aromatic heterocycles. The quantitative estimate of drug-likeness (QED) is 0.325. The lowest BCUT2D eigenvalue weighted by Crippen LogP contribution is -2.18. The van der Waals surface area contributed by atoms with Gasteiger partial charge in [0, 0.05) is 22.3 Å². The molecule has 0 nitrogen and oxygen atoms in total.